The van der Waals surface area contributed by atoms with E-state index in [9.17, 15) is 9.59 Å². The summed E-state index contributed by atoms with van der Waals surface area (Å²) >= 11 is 0. The summed E-state index contributed by atoms with van der Waals surface area (Å²) in [7, 11) is 0. The Morgan fingerprint density at radius 1 is 1.45 bits per heavy atom. The fraction of sp³-hybridized carbons (Fsp3) is 0.500. The summed E-state index contributed by atoms with van der Waals surface area (Å²) < 4.78 is 5.42. The maximum Gasteiger partial charge on any atom is 0.320 e. The zero-order chi connectivity index (χ0) is 15.9. The molecule has 0 spiro atoms. The van der Waals surface area contributed by atoms with Crippen molar-refractivity contribution in [3.8, 4) is 5.75 Å². The lowest BCUT2D eigenvalue weighted by molar-refractivity contribution is -0.142. The number of amides is 1. The van der Waals surface area contributed by atoms with E-state index in [4.69, 9.17) is 9.84 Å². The standard InChI is InChI=1S/C16H22N2O4/c1-2-22-13-6-3-5-12(9-13)10-17-15(19)11-18-8-4-7-14(18)16(20)21/h3,5-6,9,14H,2,4,7-8,10-11H2,1H3,(H,17,19)(H,20,21). The molecule has 1 amide bonds. The van der Waals surface area contributed by atoms with Gasteiger partial charge in [0.1, 0.15) is 11.8 Å². The summed E-state index contributed by atoms with van der Waals surface area (Å²) in [5, 5.41) is 11.9. The first-order valence-electron chi connectivity index (χ1n) is 7.55. The van der Waals surface area contributed by atoms with Crippen LogP contribution < -0.4 is 10.1 Å². The lowest BCUT2D eigenvalue weighted by Crippen LogP contribution is -2.42. The van der Waals surface area contributed by atoms with Crippen LogP contribution in [0.5, 0.6) is 5.75 Å². The van der Waals surface area contributed by atoms with E-state index >= 15 is 0 Å². The Hall–Kier alpha value is -2.08. The second-order valence-corrected chi connectivity index (χ2v) is 5.32. The molecule has 1 unspecified atom stereocenters. The van der Waals surface area contributed by atoms with E-state index < -0.39 is 12.0 Å². The van der Waals surface area contributed by atoms with Crippen LogP contribution in [0.4, 0.5) is 0 Å². The highest BCUT2D eigenvalue weighted by atomic mass is 16.5. The van der Waals surface area contributed by atoms with E-state index in [2.05, 4.69) is 5.32 Å². The van der Waals surface area contributed by atoms with Gasteiger partial charge in [0, 0.05) is 6.54 Å². The quantitative estimate of drug-likeness (QED) is 0.792. The third-order valence-electron chi connectivity index (χ3n) is 3.69. The van der Waals surface area contributed by atoms with Crippen molar-refractivity contribution in [1.29, 1.82) is 0 Å². The predicted octanol–water partition coefficient (Wildman–Crippen LogP) is 1.25. The molecule has 1 saturated heterocycles. The molecule has 1 atom stereocenters. The number of benzene rings is 1. The molecular formula is C16H22N2O4. The molecule has 1 aromatic carbocycles. The van der Waals surface area contributed by atoms with E-state index in [1.807, 2.05) is 31.2 Å². The van der Waals surface area contributed by atoms with Crippen molar-refractivity contribution in [2.75, 3.05) is 19.7 Å². The Bertz CT molecular complexity index is 533. The molecule has 2 rings (SSSR count). The van der Waals surface area contributed by atoms with Gasteiger partial charge in [-0.25, -0.2) is 0 Å². The molecule has 120 valence electrons. The first-order chi connectivity index (χ1) is 10.6. The van der Waals surface area contributed by atoms with E-state index in [-0.39, 0.29) is 12.5 Å². The van der Waals surface area contributed by atoms with E-state index in [0.717, 1.165) is 17.7 Å². The highest BCUT2D eigenvalue weighted by molar-refractivity contribution is 5.80. The molecule has 1 aliphatic heterocycles. The zero-order valence-corrected chi connectivity index (χ0v) is 12.7. The number of hydrogen-bond donors (Lipinski definition) is 2. The number of nitrogens with zero attached hydrogens (tertiary/aromatic N) is 1. The first-order valence-corrected chi connectivity index (χ1v) is 7.55. The lowest BCUT2D eigenvalue weighted by atomic mass is 10.2. The molecule has 0 saturated carbocycles. The Labute approximate surface area is 130 Å². The van der Waals surface area contributed by atoms with Gasteiger partial charge in [-0.1, -0.05) is 12.1 Å². The van der Waals surface area contributed by atoms with Crippen LogP contribution in [0.2, 0.25) is 0 Å². The van der Waals surface area contributed by atoms with Crippen LogP contribution in [0.15, 0.2) is 24.3 Å². The third-order valence-corrected chi connectivity index (χ3v) is 3.69. The number of carbonyl (C=O) groups is 2. The van der Waals surface area contributed by atoms with Crippen molar-refractivity contribution < 1.29 is 19.4 Å². The van der Waals surface area contributed by atoms with Gasteiger partial charge in [0.25, 0.3) is 0 Å². The summed E-state index contributed by atoms with van der Waals surface area (Å²) in [5.74, 6) is -0.232. The highest BCUT2D eigenvalue weighted by Crippen LogP contribution is 2.17. The van der Waals surface area contributed by atoms with Crippen LogP contribution in [0.1, 0.15) is 25.3 Å². The van der Waals surface area contributed by atoms with Gasteiger partial charge in [-0.2, -0.15) is 0 Å². The van der Waals surface area contributed by atoms with Crippen molar-refractivity contribution in [2.24, 2.45) is 0 Å². The Kier molecular flexibility index (Phi) is 5.77. The van der Waals surface area contributed by atoms with Gasteiger partial charge in [0.2, 0.25) is 5.91 Å². The van der Waals surface area contributed by atoms with Crippen LogP contribution in [-0.4, -0.2) is 47.6 Å². The van der Waals surface area contributed by atoms with Crippen LogP contribution >= 0.6 is 0 Å². The molecule has 1 aliphatic rings. The SMILES string of the molecule is CCOc1cccc(CNC(=O)CN2CCCC2C(=O)O)c1. The number of carboxylic acids is 1. The molecule has 1 fully saturated rings. The molecule has 0 aliphatic carbocycles. The summed E-state index contributed by atoms with van der Waals surface area (Å²) in [6.45, 7) is 3.71. The molecule has 2 N–H and O–H groups in total. The van der Waals surface area contributed by atoms with Crippen molar-refractivity contribution >= 4 is 11.9 Å². The summed E-state index contributed by atoms with van der Waals surface area (Å²) in [6, 6.07) is 7.02. The number of hydrogen-bond acceptors (Lipinski definition) is 4. The predicted molar refractivity (Wildman–Crippen MR) is 81.7 cm³/mol. The van der Waals surface area contributed by atoms with Gasteiger partial charge < -0.3 is 15.2 Å². The molecule has 1 heterocycles. The van der Waals surface area contributed by atoms with Crippen molar-refractivity contribution in [3.05, 3.63) is 29.8 Å². The molecule has 0 aromatic heterocycles. The molecule has 0 bridgehead atoms. The van der Waals surface area contributed by atoms with Gasteiger partial charge in [0.05, 0.1) is 13.2 Å². The van der Waals surface area contributed by atoms with Gasteiger partial charge >= 0.3 is 5.97 Å². The summed E-state index contributed by atoms with van der Waals surface area (Å²) in [6.07, 6.45) is 1.43. The number of nitrogens with one attached hydrogen (secondary N) is 1. The van der Waals surface area contributed by atoms with E-state index in [0.29, 0.717) is 26.1 Å². The van der Waals surface area contributed by atoms with Gasteiger partial charge in [-0.05, 0) is 44.0 Å². The number of ether oxygens (including phenoxy) is 1. The largest absolute Gasteiger partial charge is 0.494 e. The van der Waals surface area contributed by atoms with Crippen LogP contribution in [0.25, 0.3) is 0 Å². The number of carbonyl (C=O) groups excluding carboxylic acids is 1. The average Bonchev–Trinajstić information content (AvgIpc) is 2.94. The zero-order valence-electron chi connectivity index (χ0n) is 12.7. The molecule has 22 heavy (non-hydrogen) atoms. The van der Waals surface area contributed by atoms with Crippen molar-refractivity contribution in [2.45, 2.75) is 32.4 Å². The average molecular weight is 306 g/mol. The number of likely N-dealkylation sites (tertiary alicyclic amines) is 1. The van der Waals surface area contributed by atoms with E-state index in [1.165, 1.54) is 0 Å². The van der Waals surface area contributed by atoms with Gasteiger partial charge in [0.15, 0.2) is 0 Å². The van der Waals surface area contributed by atoms with Crippen molar-refractivity contribution in [1.82, 2.24) is 10.2 Å². The maximum absolute atomic E-state index is 12.0. The highest BCUT2D eigenvalue weighted by Gasteiger charge is 2.31. The lowest BCUT2D eigenvalue weighted by Gasteiger charge is -2.20. The Balaban J connectivity index is 1.82. The minimum atomic E-state index is -0.852. The maximum atomic E-state index is 12.0. The Morgan fingerprint density at radius 2 is 2.27 bits per heavy atom. The summed E-state index contributed by atoms with van der Waals surface area (Å²) in [5.41, 5.74) is 0.954. The van der Waals surface area contributed by atoms with Crippen LogP contribution in [0, 0.1) is 0 Å². The number of carboxylic acid groups (broad SMARTS) is 1. The molecular weight excluding hydrogens is 284 g/mol. The molecule has 0 radical (unpaired) electrons. The van der Waals surface area contributed by atoms with Crippen molar-refractivity contribution in [3.63, 3.8) is 0 Å². The smallest absolute Gasteiger partial charge is 0.320 e. The first kappa shape index (κ1) is 16.3. The number of aliphatic carboxylic acids is 1. The van der Waals surface area contributed by atoms with Crippen LogP contribution in [0.3, 0.4) is 0 Å². The summed E-state index contributed by atoms with van der Waals surface area (Å²) in [4.78, 5) is 24.8. The second kappa shape index (κ2) is 7.79. The van der Waals surface area contributed by atoms with Gasteiger partial charge in [-0.15, -0.1) is 0 Å². The normalized spacial score (nSPS) is 18.1. The fourth-order valence-corrected chi connectivity index (χ4v) is 2.65. The minimum absolute atomic E-state index is 0.127. The monoisotopic (exact) mass is 306 g/mol. The second-order valence-electron chi connectivity index (χ2n) is 5.32. The molecule has 6 heteroatoms. The van der Waals surface area contributed by atoms with E-state index in [1.54, 1.807) is 4.90 Å². The Morgan fingerprint density at radius 3 is 3.00 bits per heavy atom. The third kappa shape index (κ3) is 4.46. The topological polar surface area (TPSA) is 78.9 Å². The number of rotatable bonds is 7. The molecule has 1 aromatic rings. The molecule has 6 nitrogen and oxygen atoms in total. The fourth-order valence-electron chi connectivity index (χ4n) is 2.65. The van der Waals surface area contributed by atoms with Gasteiger partial charge in [-0.3, -0.25) is 14.5 Å². The minimum Gasteiger partial charge on any atom is -0.494 e. The van der Waals surface area contributed by atoms with Crippen LogP contribution in [-0.2, 0) is 16.1 Å².